The molecule has 0 unspecified atom stereocenters. The SMILES string of the molecule is Cc1ccc(-n2nc(N3CCC[C@@H](C(=O)Nc4ccc(F)c(F)c4)C3)ccc2=O)cc1Cl. The van der Waals surface area contributed by atoms with Gasteiger partial charge in [0.15, 0.2) is 11.6 Å². The second-order valence-electron chi connectivity index (χ2n) is 7.78. The number of nitrogens with zero attached hydrogens (tertiary/aromatic N) is 3. The highest BCUT2D eigenvalue weighted by Crippen LogP contribution is 2.24. The summed E-state index contributed by atoms with van der Waals surface area (Å²) in [6.07, 6.45) is 1.40. The second-order valence-corrected chi connectivity index (χ2v) is 8.19. The minimum Gasteiger partial charge on any atom is -0.354 e. The Morgan fingerprint density at radius 3 is 2.69 bits per heavy atom. The van der Waals surface area contributed by atoms with Crippen LogP contribution < -0.4 is 15.8 Å². The van der Waals surface area contributed by atoms with Gasteiger partial charge in [0.05, 0.1) is 11.6 Å². The van der Waals surface area contributed by atoms with Crippen LogP contribution in [0, 0.1) is 24.5 Å². The summed E-state index contributed by atoms with van der Waals surface area (Å²) in [6.45, 7) is 2.93. The summed E-state index contributed by atoms with van der Waals surface area (Å²) in [5.74, 6) is -2.07. The summed E-state index contributed by atoms with van der Waals surface area (Å²) >= 11 is 6.20. The van der Waals surface area contributed by atoms with Crippen molar-refractivity contribution in [2.45, 2.75) is 19.8 Å². The van der Waals surface area contributed by atoms with Crippen molar-refractivity contribution in [1.29, 1.82) is 0 Å². The van der Waals surface area contributed by atoms with E-state index in [2.05, 4.69) is 10.4 Å². The molecule has 0 bridgehead atoms. The molecule has 1 atom stereocenters. The molecule has 2 heterocycles. The first-order chi connectivity index (χ1) is 15.3. The first-order valence-electron chi connectivity index (χ1n) is 10.2. The Kier molecular flexibility index (Phi) is 6.23. The van der Waals surface area contributed by atoms with Crippen LogP contribution in [0.5, 0.6) is 0 Å². The highest BCUT2D eigenvalue weighted by molar-refractivity contribution is 6.31. The summed E-state index contributed by atoms with van der Waals surface area (Å²) in [5.41, 5.74) is 1.36. The third kappa shape index (κ3) is 4.65. The Bertz CT molecular complexity index is 1230. The maximum absolute atomic E-state index is 13.4. The fourth-order valence-corrected chi connectivity index (χ4v) is 3.86. The van der Waals surface area contributed by atoms with Crippen molar-refractivity contribution >= 4 is 29.0 Å². The van der Waals surface area contributed by atoms with Crippen LogP contribution in [0.2, 0.25) is 5.02 Å². The van der Waals surface area contributed by atoms with E-state index in [4.69, 9.17) is 11.6 Å². The predicted molar refractivity (Wildman–Crippen MR) is 120 cm³/mol. The summed E-state index contributed by atoms with van der Waals surface area (Å²) in [4.78, 5) is 27.0. The molecule has 1 N–H and O–H groups in total. The van der Waals surface area contributed by atoms with E-state index in [1.165, 1.54) is 16.8 Å². The zero-order chi connectivity index (χ0) is 22.8. The first kappa shape index (κ1) is 22.0. The van der Waals surface area contributed by atoms with Crippen LogP contribution in [0.25, 0.3) is 5.69 Å². The molecule has 1 saturated heterocycles. The second kappa shape index (κ2) is 9.08. The minimum absolute atomic E-state index is 0.203. The van der Waals surface area contributed by atoms with Crippen molar-refractivity contribution in [2.24, 2.45) is 5.92 Å². The van der Waals surface area contributed by atoms with Crippen molar-refractivity contribution in [3.8, 4) is 5.69 Å². The number of carbonyl (C=O) groups is 1. The largest absolute Gasteiger partial charge is 0.354 e. The molecule has 0 saturated carbocycles. The van der Waals surface area contributed by atoms with Crippen molar-refractivity contribution < 1.29 is 13.6 Å². The summed E-state index contributed by atoms with van der Waals surface area (Å²) in [5, 5.41) is 7.67. The maximum Gasteiger partial charge on any atom is 0.271 e. The molecule has 1 aliphatic heterocycles. The molecule has 32 heavy (non-hydrogen) atoms. The fraction of sp³-hybridized carbons (Fsp3) is 0.261. The highest BCUT2D eigenvalue weighted by Gasteiger charge is 2.27. The monoisotopic (exact) mass is 458 g/mol. The van der Waals surface area contributed by atoms with Crippen LogP contribution >= 0.6 is 11.6 Å². The molecule has 6 nitrogen and oxygen atoms in total. The van der Waals surface area contributed by atoms with Gasteiger partial charge in [-0.1, -0.05) is 17.7 Å². The average molecular weight is 459 g/mol. The summed E-state index contributed by atoms with van der Waals surface area (Å²) in [7, 11) is 0. The number of anilines is 2. The predicted octanol–water partition coefficient (Wildman–Crippen LogP) is 4.33. The van der Waals surface area contributed by atoms with Crippen LogP contribution in [0.3, 0.4) is 0 Å². The molecule has 1 amide bonds. The summed E-state index contributed by atoms with van der Waals surface area (Å²) in [6, 6.07) is 11.6. The quantitative estimate of drug-likeness (QED) is 0.632. The minimum atomic E-state index is -1.02. The standard InChI is InChI=1S/C23H21ClF2N4O2/c1-14-4-6-17(12-18(14)24)30-22(31)9-8-21(28-30)29-10-2-3-15(13-29)23(32)27-16-5-7-19(25)20(26)11-16/h4-9,11-12,15H,2-3,10,13H2,1H3,(H,27,32)/t15-/m1/s1. The molecule has 2 aromatic carbocycles. The van der Waals surface area contributed by atoms with Crippen LogP contribution in [-0.4, -0.2) is 28.8 Å². The fourth-order valence-electron chi connectivity index (χ4n) is 3.69. The van der Waals surface area contributed by atoms with E-state index < -0.39 is 11.6 Å². The van der Waals surface area contributed by atoms with E-state index in [-0.39, 0.29) is 23.1 Å². The number of rotatable bonds is 4. The van der Waals surface area contributed by atoms with E-state index in [0.29, 0.717) is 36.0 Å². The molecule has 1 aliphatic rings. The molecule has 166 valence electrons. The number of hydrogen-bond donors (Lipinski definition) is 1. The number of nitrogens with one attached hydrogen (secondary N) is 1. The van der Waals surface area contributed by atoms with Crippen molar-refractivity contribution in [1.82, 2.24) is 9.78 Å². The van der Waals surface area contributed by atoms with Gasteiger partial charge >= 0.3 is 0 Å². The van der Waals surface area contributed by atoms with Gasteiger partial charge in [0, 0.05) is 35.9 Å². The number of aryl methyl sites for hydroxylation is 1. The lowest BCUT2D eigenvalue weighted by Crippen LogP contribution is -2.41. The van der Waals surface area contributed by atoms with E-state index >= 15 is 0 Å². The number of carbonyl (C=O) groups excluding carboxylic acids is 1. The number of piperidine rings is 1. The lowest BCUT2D eigenvalue weighted by molar-refractivity contribution is -0.120. The first-order valence-corrected chi connectivity index (χ1v) is 10.6. The lowest BCUT2D eigenvalue weighted by Gasteiger charge is -2.33. The number of halogens is 3. The normalized spacial score (nSPS) is 16.1. The van der Waals surface area contributed by atoms with Gasteiger partial charge in [-0.3, -0.25) is 9.59 Å². The van der Waals surface area contributed by atoms with Gasteiger partial charge in [0.25, 0.3) is 5.56 Å². The van der Waals surface area contributed by atoms with E-state index in [1.807, 2.05) is 17.9 Å². The van der Waals surface area contributed by atoms with Gasteiger partial charge in [-0.2, -0.15) is 4.68 Å². The van der Waals surface area contributed by atoms with Gasteiger partial charge in [0.2, 0.25) is 5.91 Å². The Hall–Kier alpha value is -3.26. The topological polar surface area (TPSA) is 67.2 Å². The molecule has 1 fully saturated rings. The van der Waals surface area contributed by atoms with Crippen molar-refractivity contribution in [2.75, 3.05) is 23.3 Å². The molecule has 0 spiro atoms. The van der Waals surface area contributed by atoms with Gasteiger partial charge in [-0.25, -0.2) is 8.78 Å². The molecule has 1 aromatic heterocycles. The van der Waals surface area contributed by atoms with Crippen molar-refractivity contribution in [3.05, 3.63) is 81.1 Å². The number of hydrogen-bond acceptors (Lipinski definition) is 4. The molecule has 9 heteroatoms. The van der Waals surface area contributed by atoms with E-state index in [0.717, 1.165) is 24.1 Å². The van der Waals surface area contributed by atoms with Gasteiger partial charge in [0.1, 0.15) is 5.82 Å². The number of aromatic nitrogens is 2. The van der Waals surface area contributed by atoms with Gasteiger partial charge in [-0.15, -0.1) is 5.10 Å². The summed E-state index contributed by atoms with van der Waals surface area (Å²) < 4.78 is 27.8. The van der Waals surface area contributed by atoms with Crippen LogP contribution in [0.15, 0.2) is 53.3 Å². The molecule has 4 rings (SSSR count). The zero-order valence-corrected chi connectivity index (χ0v) is 18.1. The van der Waals surface area contributed by atoms with Crippen LogP contribution in [0.4, 0.5) is 20.3 Å². The van der Waals surface area contributed by atoms with E-state index in [9.17, 15) is 18.4 Å². The van der Waals surface area contributed by atoms with E-state index in [1.54, 1.807) is 18.2 Å². The Morgan fingerprint density at radius 2 is 1.94 bits per heavy atom. The molecular weight excluding hydrogens is 438 g/mol. The Balaban J connectivity index is 1.52. The zero-order valence-electron chi connectivity index (χ0n) is 17.3. The third-order valence-electron chi connectivity index (χ3n) is 5.49. The molecular formula is C23H21ClF2N4O2. The van der Waals surface area contributed by atoms with Crippen LogP contribution in [-0.2, 0) is 4.79 Å². The Morgan fingerprint density at radius 1 is 1.12 bits per heavy atom. The molecule has 3 aromatic rings. The average Bonchev–Trinajstić information content (AvgIpc) is 2.78. The third-order valence-corrected chi connectivity index (χ3v) is 5.90. The molecule has 0 aliphatic carbocycles. The lowest BCUT2D eigenvalue weighted by atomic mass is 9.97. The Labute approximate surface area is 188 Å². The highest BCUT2D eigenvalue weighted by atomic mass is 35.5. The van der Waals surface area contributed by atoms with Crippen LogP contribution in [0.1, 0.15) is 18.4 Å². The maximum atomic E-state index is 13.4. The number of amides is 1. The number of benzene rings is 2. The van der Waals surface area contributed by atoms with Crippen molar-refractivity contribution in [3.63, 3.8) is 0 Å². The molecule has 0 radical (unpaired) electrons. The van der Waals surface area contributed by atoms with Gasteiger partial charge in [-0.05, 0) is 55.7 Å². The van der Waals surface area contributed by atoms with Gasteiger partial charge < -0.3 is 10.2 Å². The smallest absolute Gasteiger partial charge is 0.271 e.